The van der Waals surface area contributed by atoms with Crippen molar-refractivity contribution in [3.05, 3.63) is 23.8 Å². The standard InChI is InChI=1S/C17H25NO2/c1-19-16-8-3-12(9-17(16)20-2)10-18-11-15(13-4-5-13)14-6-7-14/h3,8-9,13-15,18H,4-7,10-11H2,1-2H3. The number of hydrogen-bond acceptors (Lipinski definition) is 3. The first-order valence-corrected chi connectivity index (χ1v) is 7.73. The van der Waals surface area contributed by atoms with Crippen LogP contribution in [0.2, 0.25) is 0 Å². The van der Waals surface area contributed by atoms with Crippen molar-refractivity contribution in [3.8, 4) is 11.5 Å². The third-order valence-electron chi connectivity index (χ3n) is 4.61. The highest BCUT2D eigenvalue weighted by molar-refractivity contribution is 5.42. The van der Waals surface area contributed by atoms with Crippen LogP contribution >= 0.6 is 0 Å². The lowest BCUT2D eigenvalue weighted by molar-refractivity contribution is 0.353. The van der Waals surface area contributed by atoms with Crippen LogP contribution in [0.1, 0.15) is 31.2 Å². The molecule has 0 amide bonds. The Bertz CT molecular complexity index is 440. The van der Waals surface area contributed by atoms with Crippen molar-refractivity contribution in [2.45, 2.75) is 32.2 Å². The summed E-state index contributed by atoms with van der Waals surface area (Å²) in [5.74, 6) is 4.56. The summed E-state index contributed by atoms with van der Waals surface area (Å²) in [4.78, 5) is 0. The van der Waals surface area contributed by atoms with E-state index in [0.717, 1.165) is 35.8 Å². The van der Waals surface area contributed by atoms with E-state index >= 15 is 0 Å². The second-order valence-corrected chi connectivity index (χ2v) is 6.16. The lowest BCUT2D eigenvalue weighted by atomic mass is 9.98. The molecule has 0 spiro atoms. The molecule has 3 nitrogen and oxygen atoms in total. The maximum Gasteiger partial charge on any atom is 0.161 e. The van der Waals surface area contributed by atoms with Gasteiger partial charge in [0.15, 0.2) is 11.5 Å². The Kier molecular flexibility index (Phi) is 4.16. The first-order chi connectivity index (χ1) is 9.81. The molecule has 0 radical (unpaired) electrons. The summed E-state index contributed by atoms with van der Waals surface area (Å²) in [5.41, 5.74) is 1.26. The van der Waals surface area contributed by atoms with Crippen molar-refractivity contribution in [1.82, 2.24) is 5.32 Å². The Morgan fingerprint density at radius 1 is 1.05 bits per heavy atom. The molecule has 3 heteroatoms. The zero-order valence-corrected chi connectivity index (χ0v) is 12.5. The van der Waals surface area contributed by atoms with Crippen LogP contribution < -0.4 is 14.8 Å². The van der Waals surface area contributed by atoms with Gasteiger partial charge in [-0.05, 0) is 67.7 Å². The topological polar surface area (TPSA) is 30.5 Å². The molecule has 2 fully saturated rings. The van der Waals surface area contributed by atoms with Crippen molar-refractivity contribution in [3.63, 3.8) is 0 Å². The van der Waals surface area contributed by atoms with E-state index in [1.165, 1.54) is 37.8 Å². The first kappa shape index (κ1) is 13.7. The van der Waals surface area contributed by atoms with Gasteiger partial charge in [-0.3, -0.25) is 0 Å². The molecule has 1 aromatic rings. The third kappa shape index (κ3) is 3.26. The smallest absolute Gasteiger partial charge is 0.161 e. The monoisotopic (exact) mass is 275 g/mol. The summed E-state index contributed by atoms with van der Waals surface area (Å²) < 4.78 is 10.6. The highest BCUT2D eigenvalue weighted by Gasteiger charge is 2.40. The molecule has 2 aliphatic carbocycles. The molecular weight excluding hydrogens is 250 g/mol. The molecule has 0 aromatic heterocycles. The molecule has 20 heavy (non-hydrogen) atoms. The van der Waals surface area contributed by atoms with Gasteiger partial charge in [-0.2, -0.15) is 0 Å². The van der Waals surface area contributed by atoms with Gasteiger partial charge in [0, 0.05) is 6.54 Å². The largest absolute Gasteiger partial charge is 0.493 e. The minimum atomic E-state index is 0.796. The van der Waals surface area contributed by atoms with Gasteiger partial charge >= 0.3 is 0 Å². The lowest BCUT2D eigenvalue weighted by Crippen LogP contribution is -2.25. The molecule has 1 aromatic carbocycles. The molecule has 2 aliphatic rings. The summed E-state index contributed by atoms with van der Waals surface area (Å²) in [6, 6.07) is 6.15. The Morgan fingerprint density at radius 2 is 1.70 bits per heavy atom. The van der Waals surface area contributed by atoms with Crippen molar-refractivity contribution < 1.29 is 9.47 Å². The van der Waals surface area contributed by atoms with E-state index in [9.17, 15) is 0 Å². The Morgan fingerprint density at radius 3 is 2.25 bits per heavy atom. The highest BCUT2D eigenvalue weighted by atomic mass is 16.5. The maximum absolute atomic E-state index is 5.35. The summed E-state index contributed by atoms with van der Waals surface area (Å²) in [7, 11) is 3.36. The quantitative estimate of drug-likeness (QED) is 0.790. The zero-order valence-electron chi connectivity index (χ0n) is 12.5. The Labute approximate surface area is 121 Å². The van der Waals surface area contributed by atoms with E-state index in [1.807, 2.05) is 6.07 Å². The molecule has 0 aliphatic heterocycles. The van der Waals surface area contributed by atoms with Crippen LogP contribution in [0.3, 0.4) is 0 Å². The fourth-order valence-corrected chi connectivity index (χ4v) is 3.14. The van der Waals surface area contributed by atoms with Crippen molar-refractivity contribution in [2.24, 2.45) is 17.8 Å². The van der Waals surface area contributed by atoms with Crippen LogP contribution in [0, 0.1) is 17.8 Å². The molecular formula is C17H25NO2. The highest BCUT2D eigenvalue weighted by Crippen LogP contribution is 2.48. The van der Waals surface area contributed by atoms with Crippen LogP contribution in [0.15, 0.2) is 18.2 Å². The van der Waals surface area contributed by atoms with Crippen LogP contribution in [-0.4, -0.2) is 20.8 Å². The SMILES string of the molecule is COc1ccc(CNCC(C2CC2)C2CC2)cc1OC. The summed E-state index contributed by atoms with van der Waals surface area (Å²) >= 11 is 0. The van der Waals surface area contributed by atoms with E-state index in [1.54, 1.807) is 14.2 Å². The van der Waals surface area contributed by atoms with Gasteiger partial charge in [0.25, 0.3) is 0 Å². The van der Waals surface area contributed by atoms with Crippen molar-refractivity contribution >= 4 is 0 Å². The van der Waals surface area contributed by atoms with Gasteiger partial charge in [0.2, 0.25) is 0 Å². The Hall–Kier alpha value is -1.22. The zero-order chi connectivity index (χ0) is 13.9. The van der Waals surface area contributed by atoms with Gasteiger partial charge in [-0.15, -0.1) is 0 Å². The predicted molar refractivity (Wildman–Crippen MR) is 80.2 cm³/mol. The second kappa shape index (κ2) is 6.04. The predicted octanol–water partition coefficient (Wildman–Crippen LogP) is 3.23. The number of hydrogen-bond donors (Lipinski definition) is 1. The van der Waals surface area contributed by atoms with Crippen LogP contribution in [0.5, 0.6) is 11.5 Å². The van der Waals surface area contributed by atoms with Crippen LogP contribution in [-0.2, 0) is 6.54 Å². The number of rotatable bonds is 8. The van der Waals surface area contributed by atoms with Crippen LogP contribution in [0.25, 0.3) is 0 Å². The van der Waals surface area contributed by atoms with Gasteiger partial charge in [0.05, 0.1) is 14.2 Å². The first-order valence-electron chi connectivity index (χ1n) is 7.73. The van der Waals surface area contributed by atoms with E-state index in [0.29, 0.717) is 0 Å². The van der Waals surface area contributed by atoms with Crippen molar-refractivity contribution in [1.29, 1.82) is 0 Å². The van der Waals surface area contributed by atoms with E-state index < -0.39 is 0 Å². The molecule has 110 valence electrons. The summed E-state index contributed by atoms with van der Waals surface area (Å²) in [6.07, 6.45) is 5.83. The minimum absolute atomic E-state index is 0.796. The molecule has 0 unspecified atom stereocenters. The molecule has 0 saturated heterocycles. The number of nitrogens with one attached hydrogen (secondary N) is 1. The molecule has 2 saturated carbocycles. The normalized spacial score (nSPS) is 18.4. The summed E-state index contributed by atoms with van der Waals surface area (Å²) in [5, 5.41) is 3.64. The maximum atomic E-state index is 5.35. The Balaban J connectivity index is 1.52. The molecule has 3 rings (SSSR count). The summed E-state index contributed by atoms with van der Waals surface area (Å²) in [6.45, 7) is 2.08. The molecule has 0 heterocycles. The second-order valence-electron chi connectivity index (χ2n) is 6.16. The third-order valence-corrected chi connectivity index (χ3v) is 4.61. The minimum Gasteiger partial charge on any atom is -0.493 e. The fraction of sp³-hybridized carbons (Fsp3) is 0.647. The van der Waals surface area contributed by atoms with E-state index in [4.69, 9.17) is 9.47 Å². The number of benzene rings is 1. The molecule has 0 atom stereocenters. The molecule has 0 bridgehead atoms. The van der Waals surface area contributed by atoms with Crippen molar-refractivity contribution in [2.75, 3.05) is 20.8 Å². The van der Waals surface area contributed by atoms with Gasteiger partial charge < -0.3 is 14.8 Å². The molecule has 1 N–H and O–H groups in total. The fourth-order valence-electron chi connectivity index (χ4n) is 3.14. The van der Waals surface area contributed by atoms with E-state index in [-0.39, 0.29) is 0 Å². The van der Waals surface area contributed by atoms with E-state index in [2.05, 4.69) is 17.4 Å². The van der Waals surface area contributed by atoms with Gasteiger partial charge in [-0.1, -0.05) is 6.07 Å². The average molecular weight is 275 g/mol. The van der Waals surface area contributed by atoms with Gasteiger partial charge in [0.1, 0.15) is 0 Å². The van der Waals surface area contributed by atoms with Crippen LogP contribution in [0.4, 0.5) is 0 Å². The number of ether oxygens (including phenoxy) is 2. The number of methoxy groups -OCH3 is 2. The van der Waals surface area contributed by atoms with Gasteiger partial charge in [-0.25, -0.2) is 0 Å². The lowest BCUT2D eigenvalue weighted by Gasteiger charge is -2.16. The average Bonchev–Trinajstić information content (AvgIpc) is 3.36.